The molecule has 0 saturated heterocycles. The molecule has 0 atom stereocenters. The summed E-state index contributed by atoms with van der Waals surface area (Å²) in [7, 11) is 0. The van der Waals surface area contributed by atoms with E-state index in [0.29, 0.717) is 16.7 Å². The molecule has 0 aromatic carbocycles. The molecule has 0 fully saturated rings. The van der Waals surface area contributed by atoms with E-state index in [4.69, 9.17) is 0 Å². The fourth-order valence-electron chi connectivity index (χ4n) is 0. The average molecular weight is 306 g/mol. The Morgan fingerprint density at radius 1 is 0.611 bits per heavy atom. The molecule has 0 saturated carbocycles. The largest absolute Gasteiger partial charge is 0.282 e. The van der Waals surface area contributed by atoms with Crippen molar-refractivity contribution in [3.63, 3.8) is 0 Å². The van der Waals surface area contributed by atoms with Crippen LogP contribution in [0.25, 0.3) is 0 Å². The van der Waals surface area contributed by atoms with Gasteiger partial charge in [0, 0.05) is 0 Å². The second-order valence-corrected chi connectivity index (χ2v) is 4.47. The van der Waals surface area contributed by atoms with Gasteiger partial charge in [-0.1, -0.05) is 19.7 Å². The Bertz CT molecular complexity index is 278. The summed E-state index contributed by atoms with van der Waals surface area (Å²) in [5.74, 6) is 0. The maximum Gasteiger partial charge on any atom is 0.211 e. The number of hydrogen-bond donors (Lipinski definition) is 3. The van der Waals surface area contributed by atoms with Crippen molar-refractivity contribution in [1.29, 1.82) is 0 Å². The molecule has 0 amide bonds. The van der Waals surface area contributed by atoms with Crippen LogP contribution in [0.3, 0.4) is 0 Å². The van der Waals surface area contributed by atoms with Crippen LogP contribution >= 0.6 is 37.9 Å². The summed E-state index contributed by atoms with van der Waals surface area (Å²) in [6.07, 6.45) is 0. The zero-order chi connectivity index (χ0) is 15.5. The minimum absolute atomic E-state index is 0.241. The molecule has 0 radical (unpaired) electrons. The molecule has 0 unspecified atom stereocenters. The van der Waals surface area contributed by atoms with Crippen LogP contribution in [0.4, 0.5) is 0 Å². The molecular weight excluding hydrogens is 288 g/mol. The van der Waals surface area contributed by atoms with E-state index in [9.17, 15) is 14.4 Å². The molecule has 18 heavy (non-hydrogen) atoms. The third kappa shape index (κ3) is 24.5. The Morgan fingerprint density at radius 3 is 0.667 bits per heavy atom. The highest BCUT2D eigenvalue weighted by Gasteiger charge is 1.88. The van der Waals surface area contributed by atoms with Crippen molar-refractivity contribution in [3.8, 4) is 0 Å². The highest BCUT2D eigenvalue weighted by atomic mass is 32.1. The van der Waals surface area contributed by atoms with Gasteiger partial charge in [-0.2, -0.15) is 0 Å². The van der Waals surface area contributed by atoms with Crippen LogP contribution in [-0.4, -0.2) is 15.3 Å². The molecule has 0 heterocycles. The summed E-state index contributed by atoms with van der Waals surface area (Å²) >= 11 is 10.4. The number of carbonyl (C=O) groups is 3. The fraction of sp³-hybridized carbons (Fsp3) is 0.250. The highest BCUT2D eigenvalue weighted by molar-refractivity contribution is 7.97. The summed E-state index contributed by atoms with van der Waals surface area (Å²) in [5, 5.41) is -0.722. The van der Waals surface area contributed by atoms with Crippen molar-refractivity contribution in [2.45, 2.75) is 20.8 Å². The fourth-order valence-corrected chi connectivity index (χ4v) is 0. The number of thiol groups is 3. The normalized spacial score (nSPS) is 7.67. The van der Waals surface area contributed by atoms with E-state index < -0.39 is 0 Å². The summed E-state index contributed by atoms with van der Waals surface area (Å²) in [6.45, 7) is 14.8. The zero-order valence-electron chi connectivity index (χ0n) is 10.7. The van der Waals surface area contributed by atoms with Gasteiger partial charge in [0.25, 0.3) is 0 Å². The molecule has 0 aliphatic rings. The molecular formula is C12H18O3S3. The first-order valence-corrected chi connectivity index (χ1v) is 5.94. The monoisotopic (exact) mass is 306 g/mol. The van der Waals surface area contributed by atoms with Crippen LogP contribution in [-0.2, 0) is 14.4 Å². The lowest BCUT2D eigenvalue weighted by atomic mass is 10.4. The smallest absolute Gasteiger partial charge is 0.211 e. The molecule has 0 aliphatic heterocycles. The van der Waals surface area contributed by atoms with Crippen molar-refractivity contribution in [2.75, 3.05) is 0 Å². The Kier molecular flexibility index (Phi) is 15.9. The third-order valence-corrected chi connectivity index (χ3v) is 2.24. The SMILES string of the molecule is C=C(C)C(=O)S.C=C(C)C(=O)S.C=C(C)C(=O)S. The van der Waals surface area contributed by atoms with E-state index in [1.165, 1.54) is 0 Å². The minimum atomic E-state index is -0.241. The molecule has 0 spiro atoms. The number of rotatable bonds is 3. The van der Waals surface area contributed by atoms with E-state index in [0.717, 1.165) is 0 Å². The second-order valence-electron chi connectivity index (χ2n) is 3.26. The standard InChI is InChI=1S/3C4H6OS/c3*1-3(2)4(5)6/h3*1H2,2H3,(H,5,6). The second kappa shape index (κ2) is 12.7. The van der Waals surface area contributed by atoms with Gasteiger partial charge in [0.2, 0.25) is 15.3 Å². The van der Waals surface area contributed by atoms with Crippen molar-refractivity contribution in [1.82, 2.24) is 0 Å². The van der Waals surface area contributed by atoms with Gasteiger partial charge >= 0.3 is 0 Å². The van der Waals surface area contributed by atoms with Gasteiger partial charge in [-0.3, -0.25) is 14.4 Å². The van der Waals surface area contributed by atoms with Crippen molar-refractivity contribution < 1.29 is 14.4 Å². The predicted octanol–water partition coefficient (Wildman–Crippen LogP) is 3.06. The lowest BCUT2D eigenvalue weighted by Crippen LogP contribution is -1.81. The topological polar surface area (TPSA) is 51.2 Å². The summed E-state index contributed by atoms with van der Waals surface area (Å²) in [5.41, 5.74) is 1.45. The Balaban J connectivity index is -0.000000187. The lowest BCUT2D eigenvalue weighted by molar-refractivity contribution is -0.108. The van der Waals surface area contributed by atoms with Crippen LogP contribution < -0.4 is 0 Å². The van der Waals surface area contributed by atoms with E-state index >= 15 is 0 Å². The summed E-state index contributed by atoms with van der Waals surface area (Å²) in [6, 6.07) is 0. The molecule has 0 aliphatic carbocycles. The molecule has 3 nitrogen and oxygen atoms in total. The van der Waals surface area contributed by atoms with Crippen LogP contribution in [0.2, 0.25) is 0 Å². The number of carbonyl (C=O) groups excluding carboxylic acids is 3. The van der Waals surface area contributed by atoms with Gasteiger partial charge in [-0.15, -0.1) is 37.9 Å². The first-order chi connectivity index (χ1) is 7.93. The first-order valence-electron chi connectivity index (χ1n) is 4.59. The molecule has 0 bridgehead atoms. The third-order valence-electron chi connectivity index (χ3n) is 1.10. The van der Waals surface area contributed by atoms with Gasteiger partial charge in [-0.05, 0) is 37.5 Å². The van der Waals surface area contributed by atoms with Crippen LogP contribution in [0.5, 0.6) is 0 Å². The minimum Gasteiger partial charge on any atom is -0.282 e. The zero-order valence-corrected chi connectivity index (χ0v) is 13.4. The van der Waals surface area contributed by atoms with Gasteiger partial charge in [0.05, 0.1) is 0 Å². The average Bonchev–Trinajstić information content (AvgIpc) is 2.18. The molecule has 0 aromatic rings. The van der Waals surface area contributed by atoms with Gasteiger partial charge in [0.1, 0.15) is 0 Å². The van der Waals surface area contributed by atoms with Crippen LogP contribution in [0, 0.1) is 0 Å². The Hall–Kier alpha value is -0.720. The summed E-state index contributed by atoms with van der Waals surface area (Å²) in [4.78, 5) is 29.7. The predicted molar refractivity (Wildman–Crippen MR) is 86.4 cm³/mol. The van der Waals surface area contributed by atoms with E-state index in [1.807, 2.05) is 0 Å². The van der Waals surface area contributed by atoms with E-state index in [-0.39, 0.29) is 15.3 Å². The Labute approximate surface area is 125 Å². The number of hydrogen-bond acceptors (Lipinski definition) is 3. The quantitative estimate of drug-likeness (QED) is 0.555. The van der Waals surface area contributed by atoms with Crippen LogP contribution in [0.15, 0.2) is 36.5 Å². The van der Waals surface area contributed by atoms with E-state index in [1.54, 1.807) is 20.8 Å². The van der Waals surface area contributed by atoms with Crippen molar-refractivity contribution in [3.05, 3.63) is 36.5 Å². The molecule has 0 rings (SSSR count). The van der Waals surface area contributed by atoms with E-state index in [2.05, 4.69) is 57.6 Å². The molecule has 102 valence electrons. The van der Waals surface area contributed by atoms with Crippen molar-refractivity contribution >= 4 is 53.2 Å². The maximum absolute atomic E-state index is 9.91. The first kappa shape index (κ1) is 22.5. The van der Waals surface area contributed by atoms with Gasteiger partial charge in [-0.25, -0.2) is 0 Å². The van der Waals surface area contributed by atoms with Crippen molar-refractivity contribution in [2.24, 2.45) is 0 Å². The van der Waals surface area contributed by atoms with Gasteiger partial charge < -0.3 is 0 Å². The molecule has 6 heteroatoms. The maximum atomic E-state index is 9.91. The lowest BCUT2D eigenvalue weighted by Gasteiger charge is -1.79. The Morgan fingerprint density at radius 2 is 0.667 bits per heavy atom. The van der Waals surface area contributed by atoms with Gasteiger partial charge in [0.15, 0.2) is 0 Å². The molecule has 0 aromatic heterocycles. The summed E-state index contributed by atoms with van der Waals surface area (Å²) < 4.78 is 0. The van der Waals surface area contributed by atoms with Crippen LogP contribution in [0.1, 0.15) is 20.8 Å². The molecule has 0 N–H and O–H groups in total. The highest BCUT2D eigenvalue weighted by Crippen LogP contribution is 1.91.